The maximum Gasteiger partial charge on any atom is 0.272 e. The summed E-state index contributed by atoms with van der Waals surface area (Å²) >= 11 is 5.60. The van der Waals surface area contributed by atoms with Crippen LogP contribution in [-0.2, 0) is 6.54 Å². The number of hydrogen-bond donors (Lipinski definition) is 1. The second kappa shape index (κ2) is 5.96. The maximum absolute atomic E-state index is 13.5. The van der Waals surface area contributed by atoms with E-state index in [2.05, 4.69) is 15.5 Å². The topological polar surface area (TPSA) is 54.9 Å². The van der Waals surface area contributed by atoms with E-state index in [-0.39, 0.29) is 22.6 Å². The van der Waals surface area contributed by atoms with E-state index in [0.717, 1.165) is 5.56 Å². The first-order chi connectivity index (χ1) is 9.47. The number of hydrogen-bond acceptors (Lipinski definition) is 3. The van der Waals surface area contributed by atoms with Crippen LogP contribution in [0.1, 0.15) is 27.2 Å². The van der Waals surface area contributed by atoms with Crippen LogP contribution in [-0.4, -0.2) is 16.1 Å². The summed E-state index contributed by atoms with van der Waals surface area (Å²) in [5.74, 6) is -0.572. The molecule has 1 aromatic carbocycles. The molecule has 0 bridgehead atoms. The third kappa shape index (κ3) is 3.30. The highest BCUT2D eigenvalue weighted by Gasteiger charge is 2.09. The van der Waals surface area contributed by atoms with Crippen LogP contribution in [0.4, 0.5) is 4.39 Å². The molecule has 20 heavy (non-hydrogen) atoms. The van der Waals surface area contributed by atoms with E-state index >= 15 is 0 Å². The van der Waals surface area contributed by atoms with Crippen LogP contribution in [0.3, 0.4) is 0 Å². The minimum atomic E-state index is -0.353. The summed E-state index contributed by atoms with van der Waals surface area (Å²) in [7, 11) is 0. The van der Waals surface area contributed by atoms with Crippen LogP contribution in [0, 0.1) is 19.7 Å². The predicted molar refractivity (Wildman–Crippen MR) is 74.1 cm³/mol. The van der Waals surface area contributed by atoms with Crippen LogP contribution < -0.4 is 5.32 Å². The van der Waals surface area contributed by atoms with Gasteiger partial charge in [0, 0.05) is 6.54 Å². The van der Waals surface area contributed by atoms with Gasteiger partial charge in [0.05, 0.1) is 0 Å². The minimum absolute atomic E-state index is 0.185. The highest BCUT2D eigenvalue weighted by molar-refractivity contribution is 6.29. The molecule has 1 N–H and O–H groups in total. The lowest BCUT2D eigenvalue weighted by atomic mass is 10.1. The number of halogens is 2. The second-order valence-electron chi connectivity index (χ2n) is 4.47. The standard InChI is InChI=1S/C14H13ClFN3O/c1-8-5-10(6-9(2)13(8)16)7-17-14(20)11-3-4-12(15)19-18-11/h3-6H,7H2,1-2H3,(H,17,20). The second-order valence-corrected chi connectivity index (χ2v) is 4.85. The number of carbonyl (C=O) groups is 1. The van der Waals surface area contributed by atoms with Crippen molar-refractivity contribution in [1.82, 2.24) is 15.5 Å². The molecular weight excluding hydrogens is 281 g/mol. The van der Waals surface area contributed by atoms with Crippen LogP contribution in [0.5, 0.6) is 0 Å². The molecule has 104 valence electrons. The Balaban J connectivity index is 2.05. The third-order valence-electron chi connectivity index (χ3n) is 2.81. The van der Waals surface area contributed by atoms with Gasteiger partial charge >= 0.3 is 0 Å². The third-order valence-corrected chi connectivity index (χ3v) is 3.02. The molecule has 2 aromatic rings. The van der Waals surface area contributed by atoms with Crippen molar-refractivity contribution in [2.45, 2.75) is 20.4 Å². The first kappa shape index (κ1) is 14.4. The quantitative estimate of drug-likeness (QED) is 0.947. The van der Waals surface area contributed by atoms with Gasteiger partial charge in [-0.1, -0.05) is 23.7 Å². The Morgan fingerprint density at radius 1 is 1.25 bits per heavy atom. The number of nitrogens with zero attached hydrogens (tertiary/aromatic N) is 2. The van der Waals surface area contributed by atoms with Gasteiger partial charge in [-0.05, 0) is 42.7 Å². The number of carbonyl (C=O) groups excluding carboxylic acids is 1. The summed E-state index contributed by atoms with van der Waals surface area (Å²) in [5.41, 5.74) is 2.13. The maximum atomic E-state index is 13.5. The highest BCUT2D eigenvalue weighted by Crippen LogP contribution is 2.14. The molecule has 0 aliphatic heterocycles. The van der Waals surface area contributed by atoms with Crippen LogP contribution in [0.25, 0.3) is 0 Å². The Kier molecular flexibility index (Phi) is 4.29. The van der Waals surface area contributed by atoms with Gasteiger partial charge in [-0.3, -0.25) is 4.79 Å². The molecule has 1 heterocycles. The largest absolute Gasteiger partial charge is 0.347 e. The number of benzene rings is 1. The van der Waals surface area contributed by atoms with Gasteiger partial charge in [0.2, 0.25) is 0 Å². The minimum Gasteiger partial charge on any atom is -0.347 e. The lowest BCUT2D eigenvalue weighted by molar-refractivity contribution is 0.0945. The summed E-state index contributed by atoms with van der Waals surface area (Å²) in [4.78, 5) is 11.8. The highest BCUT2D eigenvalue weighted by atomic mass is 35.5. The first-order valence-electron chi connectivity index (χ1n) is 6.00. The van der Waals surface area contributed by atoms with E-state index in [9.17, 15) is 9.18 Å². The summed E-state index contributed by atoms with van der Waals surface area (Å²) in [5, 5.41) is 10.2. The molecule has 0 saturated carbocycles. The lowest BCUT2D eigenvalue weighted by Crippen LogP contribution is -2.24. The van der Waals surface area contributed by atoms with Crippen LogP contribution >= 0.6 is 11.6 Å². The van der Waals surface area contributed by atoms with Gasteiger partial charge in [-0.2, -0.15) is 0 Å². The van der Waals surface area contributed by atoms with Crippen molar-refractivity contribution >= 4 is 17.5 Å². The van der Waals surface area contributed by atoms with Crippen LogP contribution in [0.15, 0.2) is 24.3 Å². The van der Waals surface area contributed by atoms with E-state index in [1.54, 1.807) is 26.0 Å². The summed E-state index contributed by atoms with van der Waals surface area (Å²) < 4.78 is 13.5. The number of nitrogens with one attached hydrogen (secondary N) is 1. The summed E-state index contributed by atoms with van der Waals surface area (Å²) in [6.07, 6.45) is 0. The predicted octanol–water partition coefficient (Wildman–Crippen LogP) is 2.82. The fourth-order valence-electron chi connectivity index (χ4n) is 1.85. The fourth-order valence-corrected chi connectivity index (χ4v) is 1.95. The Labute approximate surface area is 121 Å². The molecule has 0 spiro atoms. The molecular formula is C14H13ClFN3O. The van der Waals surface area contributed by atoms with E-state index < -0.39 is 0 Å². The Hall–Kier alpha value is -2.01. The van der Waals surface area contributed by atoms with E-state index in [0.29, 0.717) is 17.7 Å². The molecule has 0 aliphatic rings. The molecule has 1 aromatic heterocycles. The Morgan fingerprint density at radius 3 is 2.45 bits per heavy atom. The zero-order chi connectivity index (χ0) is 14.7. The van der Waals surface area contributed by atoms with E-state index in [1.165, 1.54) is 12.1 Å². The van der Waals surface area contributed by atoms with Gasteiger partial charge in [0.25, 0.3) is 5.91 Å². The number of aryl methyl sites for hydroxylation is 2. The van der Waals surface area contributed by atoms with Gasteiger partial charge in [-0.25, -0.2) is 4.39 Å². The molecule has 0 fully saturated rings. The van der Waals surface area contributed by atoms with Crippen LogP contribution in [0.2, 0.25) is 5.15 Å². The average Bonchev–Trinajstić information content (AvgIpc) is 2.42. The molecule has 6 heteroatoms. The molecule has 0 unspecified atom stereocenters. The van der Waals surface area contributed by atoms with Crippen molar-refractivity contribution in [3.63, 3.8) is 0 Å². The molecule has 0 radical (unpaired) electrons. The lowest BCUT2D eigenvalue weighted by Gasteiger charge is -2.08. The number of aromatic nitrogens is 2. The average molecular weight is 294 g/mol. The Bertz CT molecular complexity index is 620. The van der Waals surface area contributed by atoms with Gasteiger partial charge < -0.3 is 5.32 Å². The van der Waals surface area contributed by atoms with Crippen molar-refractivity contribution in [2.75, 3.05) is 0 Å². The summed E-state index contributed by atoms with van der Waals surface area (Å²) in [6, 6.07) is 6.40. The monoisotopic (exact) mass is 293 g/mol. The zero-order valence-electron chi connectivity index (χ0n) is 11.1. The number of amides is 1. The smallest absolute Gasteiger partial charge is 0.272 e. The molecule has 0 atom stereocenters. The first-order valence-corrected chi connectivity index (χ1v) is 6.38. The molecule has 0 aliphatic carbocycles. The summed E-state index contributed by atoms with van der Waals surface area (Å²) in [6.45, 7) is 3.68. The van der Waals surface area contributed by atoms with Crippen molar-refractivity contribution in [3.05, 3.63) is 57.6 Å². The SMILES string of the molecule is Cc1cc(CNC(=O)c2ccc(Cl)nn2)cc(C)c1F. The van der Waals surface area contributed by atoms with Crippen molar-refractivity contribution in [2.24, 2.45) is 0 Å². The normalized spacial score (nSPS) is 10.4. The fraction of sp³-hybridized carbons (Fsp3) is 0.214. The molecule has 1 amide bonds. The van der Waals surface area contributed by atoms with Crippen molar-refractivity contribution < 1.29 is 9.18 Å². The molecule has 0 saturated heterocycles. The van der Waals surface area contributed by atoms with Gasteiger partial charge in [0.15, 0.2) is 10.8 Å². The van der Waals surface area contributed by atoms with Crippen molar-refractivity contribution in [3.8, 4) is 0 Å². The Morgan fingerprint density at radius 2 is 1.90 bits per heavy atom. The zero-order valence-corrected chi connectivity index (χ0v) is 11.8. The van der Waals surface area contributed by atoms with Gasteiger partial charge in [0.1, 0.15) is 5.82 Å². The van der Waals surface area contributed by atoms with Crippen molar-refractivity contribution in [1.29, 1.82) is 0 Å². The number of rotatable bonds is 3. The van der Waals surface area contributed by atoms with E-state index in [1.807, 2.05) is 0 Å². The van der Waals surface area contributed by atoms with Gasteiger partial charge in [-0.15, -0.1) is 10.2 Å². The van der Waals surface area contributed by atoms with E-state index in [4.69, 9.17) is 11.6 Å². The molecule has 2 rings (SSSR count). The molecule has 4 nitrogen and oxygen atoms in total.